The molecule has 1 aromatic rings. The Morgan fingerprint density at radius 1 is 1.62 bits per heavy atom. The van der Waals surface area contributed by atoms with Crippen LogP contribution < -0.4 is 5.32 Å². The van der Waals surface area contributed by atoms with Gasteiger partial charge in [0.25, 0.3) is 5.91 Å². The van der Waals surface area contributed by atoms with Crippen LogP contribution in [0, 0.1) is 5.92 Å². The predicted molar refractivity (Wildman–Crippen MR) is 69.8 cm³/mol. The largest absolute Gasteiger partial charge is 0.396 e. The fourth-order valence-corrected chi connectivity index (χ4v) is 2.70. The molecule has 2 N–H and O–H groups in total. The maximum atomic E-state index is 11.7. The summed E-state index contributed by atoms with van der Waals surface area (Å²) >= 11 is 4.75. The van der Waals surface area contributed by atoms with Gasteiger partial charge in [-0.15, -0.1) is 11.3 Å². The van der Waals surface area contributed by atoms with Gasteiger partial charge in [0, 0.05) is 13.2 Å². The first-order valence-electron chi connectivity index (χ1n) is 5.31. The fourth-order valence-electron chi connectivity index (χ4n) is 1.39. The Hall–Kier alpha value is -0.390. The molecular formula is C11H16BrNO2S. The summed E-state index contributed by atoms with van der Waals surface area (Å²) in [6.45, 7) is 2.87. The first-order valence-corrected chi connectivity index (χ1v) is 6.92. The van der Waals surface area contributed by atoms with E-state index in [0.717, 1.165) is 16.6 Å². The van der Waals surface area contributed by atoms with Crippen LogP contribution in [0.25, 0.3) is 0 Å². The van der Waals surface area contributed by atoms with Crippen LogP contribution in [0.1, 0.15) is 29.4 Å². The highest BCUT2D eigenvalue weighted by Gasteiger charge is 2.11. The smallest absolute Gasteiger partial charge is 0.261 e. The molecule has 0 aliphatic heterocycles. The van der Waals surface area contributed by atoms with Crippen LogP contribution in [0.3, 0.4) is 0 Å². The van der Waals surface area contributed by atoms with Gasteiger partial charge in [-0.05, 0) is 40.4 Å². The van der Waals surface area contributed by atoms with Crippen LogP contribution in [-0.2, 0) is 0 Å². The van der Waals surface area contributed by atoms with Crippen molar-refractivity contribution < 1.29 is 9.90 Å². The standard InChI is InChI=1S/C11H16BrNO2S/c1-2-8(5-6-14)7-13-11(15)9-3-4-10(12)16-9/h3-4,8,14H,2,5-7H2,1H3,(H,13,15). The number of aliphatic hydroxyl groups excluding tert-OH is 1. The third-order valence-electron chi connectivity index (χ3n) is 2.46. The lowest BCUT2D eigenvalue weighted by Crippen LogP contribution is -2.28. The Kier molecular flexibility index (Phi) is 6.01. The van der Waals surface area contributed by atoms with Gasteiger partial charge in [-0.3, -0.25) is 4.79 Å². The number of hydrogen-bond acceptors (Lipinski definition) is 3. The molecule has 0 fully saturated rings. The van der Waals surface area contributed by atoms with E-state index in [9.17, 15) is 4.79 Å². The summed E-state index contributed by atoms with van der Waals surface area (Å²) in [5.41, 5.74) is 0. The van der Waals surface area contributed by atoms with Crippen LogP contribution in [0.2, 0.25) is 0 Å². The number of nitrogens with one attached hydrogen (secondary N) is 1. The molecule has 0 aliphatic carbocycles. The average molecular weight is 306 g/mol. The summed E-state index contributed by atoms with van der Waals surface area (Å²) in [6.07, 6.45) is 1.71. The van der Waals surface area contributed by atoms with Crippen LogP contribution in [0.15, 0.2) is 15.9 Å². The number of aliphatic hydroxyl groups is 1. The van der Waals surface area contributed by atoms with Crippen molar-refractivity contribution in [3.63, 3.8) is 0 Å². The summed E-state index contributed by atoms with van der Waals surface area (Å²) in [7, 11) is 0. The maximum absolute atomic E-state index is 11.7. The molecule has 90 valence electrons. The van der Waals surface area contributed by atoms with Crippen LogP contribution in [0.4, 0.5) is 0 Å². The molecule has 0 saturated heterocycles. The van der Waals surface area contributed by atoms with Crippen molar-refractivity contribution in [2.45, 2.75) is 19.8 Å². The number of amides is 1. The molecule has 0 aliphatic rings. The molecule has 1 rings (SSSR count). The van der Waals surface area contributed by atoms with Crippen molar-refractivity contribution in [3.8, 4) is 0 Å². The second-order valence-corrected chi connectivity index (χ2v) is 6.06. The SMILES string of the molecule is CCC(CCO)CNC(=O)c1ccc(Br)s1. The minimum atomic E-state index is -0.0351. The van der Waals surface area contributed by atoms with E-state index < -0.39 is 0 Å². The zero-order chi connectivity index (χ0) is 12.0. The first kappa shape index (κ1) is 13.7. The number of hydrogen-bond donors (Lipinski definition) is 2. The minimum Gasteiger partial charge on any atom is -0.396 e. The van der Waals surface area contributed by atoms with Crippen molar-refractivity contribution >= 4 is 33.2 Å². The van der Waals surface area contributed by atoms with E-state index in [2.05, 4.69) is 28.2 Å². The van der Waals surface area contributed by atoms with Crippen molar-refractivity contribution in [2.24, 2.45) is 5.92 Å². The van der Waals surface area contributed by atoms with Gasteiger partial charge in [0.1, 0.15) is 0 Å². The molecule has 1 atom stereocenters. The normalized spacial score (nSPS) is 12.4. The number of carbonyl (C=O) groups is 1. The third kappa shape index (κ3) is 4.23. The number of carbonyl (C=O) groups excluding carboxylic acids is 1. The highest BCUT2D eigenvalue weighted by Crippen LogP contribution is 2.21. The van der Waals surface area contributed by atoms with E-state index in [0.29, 0.717) is 17.3 Å². The zero-order valence-electron chi connectivity index (χ0n) is 9.20. The summed E-state index contributed by atoms with van der Waals surface area (Å²) in [5.74, 6) is 0.324. The first-order chi connectivity index (χ1) is 7.67. The molecule has 16 heavy (non-hydrogen) atoms. The van der Waals surface area contributed by atoms with E-state index >= 15 is 0 Å². The highest BCUT2D eigenvalue weighted by molar-refractivity contribution is 9.11. The Labute approximate surface area is 108 Å². The lowest BCUT2D eigenvalue weighted by molar-refractivity contribution is 0.0947. The second kappa shape index (κ2) is 7.04. The summed E-state index contributed by atoms with van der Waals surface area (Å²) in [6, 6.07) is 3.67. The molecule has 0 bridgehead atoms. The van der Waals surface area contributed by atoms with E-state index in [1.54, 1.807) is 6.07 Å². The van der Waals surface area contributed by atoms with Gasteiger partial charge in [-0.1, -0.05) is 13.3 Å². The lowest BCUT2D eigenvalue weighted by atomic mass is 10.0. The summed E-state index contributed by atoms with van der Waals surface area (Å²) < 4.78 is 0.958. The predicted octanol–water partition coefficient (Wildman–Crippen LogP) is 2.65. The lowest BCUT2D eigenvalue weighted by Gasteiger charge is -2.13. The Balaban J connectivity index is 2.40. The van der Waals surface area contributed by atoms with E-state index in [1.165, 1.54) is 11.3 Å². The van der Waals surface area contributed by atoms with Crippen molar-refractivity contribution in [2.75, 3.05) is 13.2 Å². The second-order valence-electron chi connectivity index (χ2n) is 3.60. The van der Waals surface area contributed by atoms with Crippen LogP contribution in [-0.4, -0.2) is 24.2 Å². The molecule has 1 amide bonds. The molecular weight excluding hydrogens is 290 g/mol. The molecule has 1 aromatic heterocycles. The third-order valence-corrected chi connectivity index (χ3v) is 4.09. The topological polar surface area (TPSA) is 49.3 Å². The van der Waals surface area contributed by atoms with Gasteiger partial charge in [0.15, 0.2) is 0 Å². The van der Waals surface area contributed by atoms with Crippen molar-refractivity contribution in [3.05, 3.63) is 20.8 Å². The minimum absolute atomic E-state index is 0.0351. The molecule has 1 unspecified atom stereocenters. The Morgan fingerprint density at radius 3 is 2.88 bits per heavy atom. The average Bonchev–Trinajstić information content (AvgIpc) is 2.70. The highest BCUT2D eigenvalue weighted by atomic mass is 79.9. The van der Waals surface area contributed by atoms with Crippen molar-refractivity contribution in [1.82, 2.24) is 5.32 Å². The number of thiophene rings is 1. The molecule has 0 aromatic carbocycles. The van der Waals surface area contributed by atoms with Crippen molar-refractivity contribution in [1.29, 1.82) is 0 Å². The number of rotatable bonds is 6. The summed E-state index contributed by atoms with van der Waals surface area (Å²) in [5, 5.41) is 11.7. The van der Waals surface area contributed by atoms with Gasteiger partial charge in [0.2, 0.25) is 0 Å². The summed E-state index contributed by atoms with van der Waals surface area (Å²) in [4.78, 5) is 12.4. The quantitative estimate of drug-likeness (QED) is 0.849. The van der Waals surface area contributed by atoms with Crippen LogP contribution in [0.5, 0.6) is 0 Å². The van der Waals surface area contributed by atoms with E-state index in [1.807, 2.05) is 6.07 Å². The monoisotopic (exact) mass is 305 g/mol. The molecule has 5 heteroatoms. The van der Waals surface area contributed by atoms with Gasteiger partial charge in [0.05, 0.1) is 8.66 Å². The van der Waals surface area contributed by atoms with Gasteiger partial charge >= 0.3 is 0 Å². The fraction of sp³-hybridized carbons (Fsp3) is 0.545. The molecule has 1 heterocycles. The molecule has 0 radical (unpaired) electrons. The van der Waals surface area contributed by atoms with Crippen LogP contribution >= 0.6 is 27.3 Å². The zero-order valence-corrected chi connectivity index (χ0v) is 11.6. The Morgan fingerprint density at radius 2 is 2.38 bits per heavy atom. The molecule has 0 saturated carbocycles. The maximum Gasteiger partial charge on any atom is 0.261 e. The number of halogens is 1. The van der Waals surface area contributed by atoms with Gasteiger partial charge < -0.3 is 10.4 Å². The van der Waals surface area contributed by atoms with Gasteiger partial charge in [-0.2, -0.15) is 0 Å². The van der Waals surface area contributed by atoms with Gasteiger partial charge in [-0.25, -0.2) is 0 Å². The molecule has 3 nitrogen and oxygen atoms in total. The van der Waals surface area contributed by atoms with E-state index in [-0.39, 0.29) is 12.5 Å². The van der Waals surface area contributed by atoms with E-state index in [4.69, 9.17) is 5.11 Å². The molecule has 0 spiro atoms. The Bertz CT molecular complexity index is 340.